The van der Waals surface area contributed by atoms with Crippen molar-refractivity contribution in [2.45, 2.75) is 32.4 Å². The second kappa shape index (κ2) is 7.75. The van der Waals surface area contributed by atoms with Crippen LogP contribution in [0.4, 0.5) is 0 Å². The number of piperidine rings is 1. The van der Waals surface area contributed by atoms with Gasteiger partial charge in [-0.3, -0.25) is 4.79 Å². The van der Waals surface area contributed by atoms with Gasteiger partial charge in [0.05, 0.1) is 0 Å². The Labute approximate surface area is 154 Å². The molecule has 4 rings (SSSR count). The highest BCUT2D eigenvalue weighted by Crippen LogP contribution is 2.17. The van der Waals surface area contributed by atoms with Crippen LogP contribution in [0.3, 0.4) is 0 Å². The number of carbonyl (C=O) groups excluding carboxylic acids is 1. The highest BCUT2D eigenvalue weighted by Gasteiger charge is 2.17. The first-order valence-corrected chi connectivity index (χ1v) is 9.45. The molecule has 0 bridgehead atoms. The van der Waals surface area contributed by atoms with E-state index in [-0.39, 0.29) is 5.91 Å². The first kappa shape index (κ1) is 16.9. The lowest BCUT2D eigenvalue weighted by Crippen LogP contribution is -2.35. The first-order valence-electron chi connectivity index (χ1n) is 9.45. The van der Waals surface area contributed by atoms with Crippen molar-refractivity contribution in [2.75, 3.05) is 13.1 Å². The Balaban J connectivity index is 1.34. The summed E-state index contributed by atoms with van der Waals surface area (Å²) in [6, 6.07) is 16.5. The van der Waals surface area contributed by atoms with Crippen LogP contribution in [-0.2, 0) is 13.1 Å². The van der Waals surface area contributed by atoms with Crippen molar-refractivity contribution in [1.82, 2.24) is 15.2 Å². The van der Waals surface area contributed by atoms with E-state index in [2.05, 4.69) is 46.7 Å². The van der Waals surface area contributed by atoms with Crippen molar-refractivity contribution in [1.29, 1.82) is 0 Å². The quantitative estimate of drug-likeness (QED) is 0.730. The summed E-state index contributed by atoms with van der Waals surface area (Å²) in [4.78, 5) is 17.7. The Morgan fingerprint density at radius 3 is 2.58 bits per heavy atom. The molecule has 1 fully saturated rings. The molecular formula is C22H25N3O. The summed E-state index contributed by atoms with van der Waals surface area (Å²) in [5.41, 5.74) is 4.46. The topological polar surface area (TPSA) is 48.1 Å². The lowest BCUT2D eigenvalue weighted by molar-refractivity contribution is 0.0724. The SMILES string of the molecule is O=C(c1ccc(CNCc2cccc3[nH]ccc23)cc1)N1CCCCC1. The molecule has 4 nitrogen and oxygen atoms in total. The molecule has 0 spiro atoms. The van der Waals surface area contributed by atoms with Gasteiger partial charge in [0, 0.05) is 48.8 Å². The third-order valence-corrected chi connectivity index (χ3v) is 5.17. The first-order chi connectivity index (χ1) is 12.8. The fourth-order valence-corrected chi connectivity index (χ4v) is 3.69. The molecule has 2 N–H and O–H groups in total. The van der Waals surface area contributed by atoms with Gasteiger partial charge in [-0.15, -0.1) is 0 Å². The van der Waals surface area contributed by atoms with Gasteiger partial charge in [0.1, 0.15) is 0 Å². The van der Waals surface area contributed by atoms with Gasteiger partial charge in [-0.05, 0) is 54.7 Å². The van der Waals surface area contributed by atoms with Gasteiger partial charge in [0.2, 0.25) is 0 Å². The number of carbonyl (C=O) groups is 1. The van der Waals surface area contributed by atoms with Gasteiger partial charge in [-0.2, -0.15) is 0 Å². The number of likely N-dealkylation sites (tertiary alicyclic amines) is 1. The molecule has 1 aliphatic rings. The highest BCUT2D eigenvalue weighted by molar-refractivity contribution is 5.94. The Morgan fingerprint density at radius 2 is 1.77 bits per heavy atom. The van der Waals surface area contributed by atoms with Crippen LogP contribution < -0.4 is 5.32 Å². The lowest BCUT2D eigenvalue weighted by Gasteiger charge is -2.26. The Hall–Kier alpha value is -2.59. The number of benzene rings is 2. The van der Waals surface area contributed by atoms with E-state index in [1.165, 1.54) is 28.5 Å². The van der Waals surface area contributed by atoms with E-state index in [9.17, 15) is 4.79 Å². The number of hydrogen-bond acceptors (Lipinski definition) is 2. The van der Waals surface area contributed by atoms with E-state index >= 15 is 0 Å². The number of nitrogens with zero attached hydrogens (tertiary/aromatic N) is 1. The summed E-state index contributed by atoms with van der Waals surface area (Å²) in [7, 11) is 0. The van der Waals surface area contributed by atoms with Crippen molar-refractivity contribution >= 4 is 16.8 Å². The van der Waals surface area contributed by atoms with Gasteiger partial charge in [0.15, 0.2) is 0 Å². The molecule has 134 valence electrons. The molecule has 0 atom stereocenters. The van der Waals surface area contributed by atoms with E-state index in [4.69, 9.17) is 0 Å². The minimum Gasteiger partial charge on any atom is -0.361 e. The standard InChI is InChI=1S/C22H25N3O/c26-22(25-13-2-1-3-14-25)18-9-7-17(8-10-18)15-23-16-19-5-4-6-21-20(19)11-12-24-21/h4-12,23-24H,1-3,13-16H2. The van der Waals surface area contributed by atoms with Crippen LogP contribution in [-0.4, -0.2) is 28.9 Å². The van der Waals surface area contributed by atoms with Crippen molar-refractivity contribution in [3.8, 4) is 0 Å². The minimum atomic E-state index is 0.170. The predicted molar refractivity (Wildman–Crippen MR) is 105 cm³/mol. The summed E-state index contributed by atoms with van der Waals surface area (Å²) in [5.74, 6) is 0.170. The monoisotopic (exact) mass is 347 g/mol. The second-order valence-electron chi connectivity index (χ2n) is 7.01. The Morgan fingerprint density at radius 1 is 0.962 bits per heavy atom. The van der Waals surface area contributed by atoms with E-state index < -0.39 is 0 Å². The van der Waals surface area contributed by atoms with Crippen LogP contribution in [0.5, 0.6) is 0 Å². The van der Waals surface area contributed by atoms with Crippen LogP contribution in [0.1, 0.15) is 40.7 Å². The zero-order valence-corrected chi connectivity index (χ0v) is 15.0. The number of aromatic nitrogens is 1. The molecule has 1 aliphatic heterocycles. The molecular weight excluding hydrogens is 322 g/mol. The maximum atomic E-state index is 12.5. The van der Waals surface area contributed by atoms with Gasteiger partial charge >= 0.3 is 0 Å². The van der Waals surface area contributed by atoms with Crippen LogP contribution in [0.15, 0.2) is 54.7 Å². The summed E-state index contributed by atoms with van der Waals surface area (Å²) < 4.78 is 0. The molecule has 4 heteroatoms. The molecule has 1 amide bonds. The smallest absolute Gasteiger partial charge is 0.253 e. The fourth-order valence-electron chi connectivity index (χ4n) is 3.69. The normalized spacial score (nSPS) is 14.7. The van der Waals surface area contributed by atoms with E-state index in [1.807, 2.05) is 23.2 Å². The molecule has 0 aliphatic carbocycles. The van der Waals surface area contributed by atoms with Crippen molar-refractivity contribution in [3.63, 3.8) is 0 Å². The number of hydrogen-bond donors (Lipinski definition) is 2. The number of fused-ring (bicyclic) bond motifs is 1. The summed E-state index contributed by atoms with van der Waals surface area (Å²) in [5, 5.41) is 4.77. The van der Waals surface area contributed by atoms with Crippen LogP contribution >= 0.6 is 0 Å². The fraction of sp³-hybridized carbons (Fsp3) is 0.318. The van der Waals surface area contributed by atoms with Crippen molar-refractivity contribution in [3.05, 3.63) is 71.4 Å². The number of amides is 1. The lowest BCUT2D eigenvalue weighted by atomic mass is 10.1. The maximum absolute atomic E-state index is 12.5. The second-order valence-corrected chi connectivity index (χ2v) is 7.01. The average Bonchev–Trinajstić information content (AvgIpc) is 3.18. The summed E-state index contributed by atoms with van der Waals surface area (Å²) in [6.45, 7) is 3.41. The maximum Gasteiger partial charge on any atom is 0.253 e. The van der Waals surface area contributed by atoms with Gasteiger partial charge in [-0.1, -0.05) is 24.3 Å². The van der Waals surface area contributed by atoms with Gasteiger partial charge < -0.3 is 15.2 Å². The molecule has 26 heavy (non-hydrogen) atoms. The van der Waals surface area contributed by atoms with Crippen LogP contribution in [0, 0.1) is 0 Å². The zero-order chi connectivity index (χ0) is 17.8. The number of H-pyrrole nitrogens is 1. The molecule has 0 saturated carbocycles. The average molecular weight is 347 g/mol. The van der Waals surface area contributed by atoms with Crippen molar-refractivity contribution in [2.24, 2.45) is 0 Å². The third-order valence-electron chi connectivity index (χ3n) is 5.17. The van der Waals surface area contributed by atoms with Gasteiger partial charge in [0.25, 0.3) is 5.91 Å². The summed E-state index contributed by atoms with van der Waals surface area (Å²) in [6.07, 6.45) is 5.47. The van der Waals surface area contributed by atoms with Crippen molar-refractivity contribution < 1.29 is 4.79 Å². The number of nitrogens with one attached hydrogen (secondary N) is 2. The summed E-state index contributed by atoms with van der Waals surface area (Å²) >= 11 is 0. The number of aromatic amines is 1. The zero-order valence-electron chi connectivity index (χ0n) is 15.0. The predicted octanol–water partition coefficient (Wildman–Crippen LogP) is 4.08. The van der Waals surface area contributed by atoms with Gasteiger partial charge in [-0.25, -0.2) is 0 Å². The third kappa shape index (κ3) is 3.65. The largest absolute Gasteiger partial charge is 0.361 e. The molecule has 1 saturated heterocycles. The Bertz CT molecular complexity index is 876. The highest BCUT2D eigenvalue weighted by atomic mass is 16.2. The molecule has 3 aromatic rings. The Kier molecular flexibility index (Phi) is 5.02. The molecule has 2 aromatic carbocycles. The molecule has 1 aromatic heterocycles. The van der Waals surface area contributed by atoms with E-state index in [0.717, 1.165) is 44.6 Å². The van der Waals surface area contributed by atoms with E-state index in [1.54, 1.807) is 0 Å². The number of rotatable bonds is 5. The van der Waals surface area contributed by atoms with Crippen LogP contribution in [0.2, 0.25) is 0 Å². The molecule has 2 heterocycles. The van der Waals surface area contributed by atoms with Crippen LogP contribution in [0.25, 0.3) is 10.9 Å². The minimum absolute atomic E-state index is 0.170. The molecule has 0 unspecified atom stereocenters. The molecule has 0 radical (unpaired) electrons. The van der Waals surface area contributed by atoms with E-state index in [0.29, 0.717) is 0 Å².